The van der Waals surface area contributed by atoms with Crippen molar-refractivity contribution in [3.05, 3.63) is 77.6 Å². The quantitative estimate of drug-likeness (QED) is 0.516. The summed E-state index contributed by atoms with van der Waals surface area (Å²) in [6, 6.07) is 19.9. The average Bonchev–Trinajstić information content (AvgIpc) is 2.78. The standard InChI is InChI=1S/C25H27FN2O.2ClH/c26-23-8-4-2-6-20(23)17-29-25-10-9-18-5-1-3-7-21(18)22(25)15-27-24-16-28-13-11-19(24)12-14-28;;/h1-10,19,24,27H,11-17H2;2*1H. The second kappa shape index (κ2) is 10.6. The number of fused-ring (bicyclic) bond motifs is 4. The van der Waals surface area contributed by atoms with Crippen molar-refractivity contribution in [3.63, 3.8) is 0 Å². The third kappa shape index (κ3) is 5.15. The van der Waals surface area contributed by atoms with Gasteiger partial charge in [-0.3, -0.25) is 0 Å². The summed E-state index contributed by atoms with van der Waals surface area (Å²) in [7, 11) is 0. The lowest BCUT2D eigenvalue weighted by Gasteiger charge is -2.45. The maximum atomic E-state index is 14.0. The van der Waals surface area contributed by atoms with Gasteiger partial charge in [-0.15, -0.1) is 24.8 Å². The van der Waals surface area contributed by atoms with Crippen molar-refractivity contribution in [2.24, 2.45) is 5.92 Å². The Labute approximate surface area is 195 Å². The molecule has 0 radical (unpaired) electrons. The van der Waals surface area contributed by atoms with Crippen molar-refractivity contribution in [2.75, 3.05) is 19.6 Å². The molecule has 2 bridgehead atoms. The maximum absolute atomic E-state index is 14.0. The molecule has 0 saturated carbocycles. The first-order valence-corrected chi connectivity index (χ1v) is 10.6. The first kappa shape index (κ1) is 23.8. The lowest BCUT2D eigenvalue weighted by molar-refractivity contribution is 0.0719. The molecule has 1 atom stereocenters. The normalized spacial score (nSPS) is 21.9. The molecule has 1 N–H and O–H groups in total. The Morgan fingerprint density at radius 1 is 0.935 bits per heavy atom. The fourth-order valence-electron chi connectivity index (χ4n) is 4.83. The van der Waals surface area contributed by atoms with Crippen LogP contribution in [0, 0.1) is 11.7 Å². The number of hydrogen-bond acceptors (Lipinski definition) is 3. The van der Waals surface area contributed by atoms with E-state index in [0.717, 1.165) is 30.3 Å². The predicted molar refractivity (Wildman–Crippen MR) is 129 cm³/mol. The van der Waals surface area contributed by atoms with Crippen LogP contribution in [-0.4, -0.2) is 30.6 Å². The third-order valence-corrected chi connectivity index (χ3v) is 6.54. The monoisotopic (exact) mass is 462 g/mol. The van der Waals surface area contributed by atoms with Gasteiger partial charge in [0.05, 0.1) is 0 Å². The molecule has 3 aromatic rings. The number of rotatable bonds is 6. The van der Waals surface area contributed by atoms with Crippen LogP contribution in [0.15, 0.2) is 60.7 Å². The van der Waals surface area contributed by atoms with E-state index in [4.69, 9.17) is 4.74 Å². The van der Waals surface area contributed by atoms with Crippen molar-refractivity contribution >= 4 is 35.6 Å². The Balaban J connectivity index is 0.00000136. The van der Waals surface area contributed by atoms with Gasteiger partial charge in [0.2, 0.25) is 0 Å². The Morgan fingerprint density at radius 3 is 2.42 bits per heavy atom. The lowest BCUT2D eigenvalue weighted by Crippen LogP contribution is -2.55. The topological polar surface area (TPSA) is 24.5 Å². The largest absolute Gasteiger partial charge is 0.488 e. The summed E-state index contributed by atoms with van der Waals surface area (Å²) in [5.41, 5.74) is 1.74. The zero-order valence-electron chi connectivity index (χ0n) is 17.4. The molecule has 31 heavy (non-hydrogen) atoms. The molecule has 6 heteroatoms. The summed E-state index contributed by atoms with van der Waals surface area (Å²) in [6.07, 6.45) is 2.59. The minimum atomic E-state index is -0.222. The van der Waals surface area contributed by atoms with Crippen LogP contribution >= 0.6 is 24.8 Å². The van der Waals surface area contributed by atoms with Crippen LogP contribution in [0.3, 0.4) is 0 Å². The summed E-state index contributed by atoms with van der Waals surface area (Å²) in [5, 5.41) is 6.22. The Hall–Kier alpha value is -1.85. The smallest absolute Gasteiger partial charge is 0.129 e. The van der Waals surface area contributed by atoms with Gasteiger partial charge in [0, 0.05) is 30.3 Å². The lowest BCUT2D eigenvalue weighted by atomic mass is 9.84. The van der Waals surface area contributed by atoms with E-state index in [2.05, 4.69) is 40.5 Å². The molecular weight excluding hydrogens is 434 g/mol. The number of piperidine rings is 3. The first-order valence-electron chi connectivity index (χ1n) is 10.6. The fraction of sp³-hybridized carbons (Fsp3) is 0.360. The molecule has 3 heterocycles. The number of halogens is 3. The van der Waals surface area contributed by atoms with Crippen LogP contribution in [0.2, 0.25) is 0 Å². The molecule has 3 aliphatic heterocycles. The van der Waals surface area contributed by atoms with Crippen LogP contribution in [0.25, 0.3) is 10.8 Å². The molecule has 3 fully saturated rings. The summed E-state index contributed by atoms with van der Waals surface area (Å²) in [4.78, 5) is 2.57. The zero-order valence-corrected chi connectivity index (χ0v) is 19.1. The van der Waals surface area contributed by atoms with Gasteiger partial charge in [-0.1, -0.05) is 48.5 Å². The summed E-state index contributed by atoms with van der Waals surface area (Å²) >= 11 is 0. The molecule has 0 spiro atoms. The average molecular weight is 463 g/mol. The van der Waals surface area contributed by atoms with Crippen LogP contribution in [0.5, 0.6) is 5.75 Å². The van der Waals surface area contributed by atoms with Crippen LogP contribution in [0.1, 0.15) is 24.0 Å². The van der Waals surface area contributed by atoms with E-state index in [1.54, 1.807) is 12.1 Å². The zero-order chi connectivity index (χ0) is 19.6. The van der Waals surface area contributed by atoms with Crippen LogP contribution in [0.4, 0.5) is 4.39 Å². The van der Waals surface area contributed by atoms with E-state index in [1.807, 2.05) is 12.1 Å². The van der Waals surface area contributed by atoms with Gasteiger partial charge in [-0.25, -0.2) is 4.39 Å². The molecule has 3 nitrogen and oxygen atoms in total. The number of hydrogen-bond donors (Lipinski definition) is 1. The fourth-order valence-corrected chi connectivity index (χ4v) is 4.83. The summed E-state index contributed by atoms with van der Waals surface area (Å²) < 4.78 is 20.1. The van der Waals surface area contributed by atoms with E-state index in [-0.39, 0.29) is 37.2 Å². The van der Waals surface area contributed by atoms with E-state index in [9.17, 15) is 4.39 Å². The van der Waals surface area contributed by atoms with Crippen molar-refractivity contribution in [1.82, 2.24) is 10.2 Å². The second-order valence-corrected chi connectivity index (χ2v) is 8.27. The highest BCUT2D eigenvalue weighted by molar-refractivity contribution is 5.87. The van der Waals surface area contributed by atoms with Crippen molar-refractivity contribution < 1.29 is 9.13 Å². The number of nitrogens with one attached hydrogen (secondary N) is 1. The molecule has 3 aromatic carbocycles. The molecule has 0 amide bonds. The maximum Gasteiger partial charge on any atom is 0.129 e. The van der Waals surface area contributed by atoms with Gasteiger partial charge in [0.25, 0.3) is 0 Å². The first-order chi connectivity index (χ1) is 14.3. The van der Waals surface area contributed by atoms with Crippen LogP contribution in [-0.2, 0) is 13.2 Å². The third-order valence-electron chi connectivity index (χ3n) is 6.54. The van der Waals surface area contributed by atoms with E-state index < -0.39 is 0 Å². The molecule has 0 aromatic heterocycles. The van der Waals surface area contributed by atoms with Gasteiger partial charge in [-0.2, -0.15) is 0 Å². The molecule has 1 unspecified atom stereocenters. The number of benzene rings is 3. The van der Waals surface area contributed by atoms with E-state index >= 15 is 0 Å². The number of ether oxygens (including phenoxy) is 1. The van der Waals surface area contributed by atoms with Gasteiger partial charge in [0.15, 0.2) is 0 Å². The molecule has 3 saturated heterocycles. The summed E-state index contributed by atoms with van der Waals surface area (Å²) in [6.45, 7) is 4.63. The van der Waals surface area contributed by atoms with Crippen molar-refractivity contribution in [1.29, 1.82) is 0 Å². The Bertz CT molecular complexity index is 1010. The van der Waals surface area contributed by atoms with Crippen molar-refractivity contribution in [3.8, 4) is 5.75 Å². The second-order valence-electron chi connectivity index (χ2n) is 8.27. The van der Waals surface area contributed by atoms with Gasteiger partial charge >= 0.3 is 0 Å². The van der Waals surface area contributed by atoms with E-state index in [1.165, 1.54) is 42.8 Å². The highest BCUT2D eigenvalue weighted by Crippen LogP contribution is 2.31. The number of nitrogens with zero attached hydrogens (tertiary/aromatic N) is 1. The van der Waals surface area contributed by atoms with Gasteiger partial charge in [-0.05, 0) is 54.8 Å². The predicted octanol–water partition coefficient (Wildman–Crippen LogP) is 5.59. The minimum Gasteiger partial charge on any atom is -0.488 e. The molecule has 0 aliphatic carbocycles. The Morgan fingerprint density at radius 2 is 1.68 bits per heavy atom. The van der Waals surface area contributed by atoms with Crippen LogP contribution < -0.4 is 10.1 Å². The summed E-state index contributed by atoms with van der Waals surface area (Å²) in [5.74, 6) is 1.39. The molecular formula is C25H29Cl2FN2O. The highest BCUT2D eigenvalue weighted by atomic mass is 35.5. The Kier molecular flexibility index (Phi) is 8.17. The van der Waals surface area contributed by atoms with Gasteiger partial charge < -0.3 is 15.0 Å². The molecule has 3 aliphatic rings. The van der Waals surface area contributed by atoms with Crippen molar-refractivity contribution in [2.45, 2.75) is 32.0 Å². The van der Waals surface area contributed by atoms with E-state index in [0.29, 0.717) is 11.6 Å². The minimum absolute atomic E-state index is 0. The molecule has 6 rings (SSSR count). The SMILES string of the molecule is Cl.Cl.Fc1ccccc1COc1ccc2ccccc2c1CNC1CN2CCC1CC2. The molecule has 166 valence electrons. The highest BCUT2D eigenvalue weighted by Gasteiger charge is 2.33. The van der Waals surface area contributed by atoms with Gasteiger partial charge in [0.1, 0.15) is 18.2 Å².